The summed E-state index contributed by atoms with van der Waals surface area (Å²) in [4.78, 5) is 3.85. The van der Waals surface area contributed by atoms with Crippen molar-refractivity contribution in [2.45, 2.75) is 0 Å². The van der Waals surface area contributed by atoms with Crippen LogP contribution in [-0.4, -0.2) is 12.5 Å². The van der Waals surface area contributed by atoms with E-state index in [1.807, 2.05) is 0 Å². The second kappa shape index (κ2) is 5.50. The van der Waals surface area contributed by atoms with Gasteiger partial charge in [-0.15, -0.1) is 6.42 Å². The Bertz CT molecular complexity index is 401. The fourth-order valence-electron chi connectivity index (χ4n) is 0.916. The van der Waals surface area contributed by atoms with Crippen LogP contribution in [0.2, 0.25) is 10.0 Å². The maximum Gasteiger partial charge on any atom is 0.194 e. The first-order valence-corrected chi connectivity index (χ1v) is 4.85. The molecule has 0 saturated carbocycles. The molecule has 0 atom stereocenters. The lowest BCUT2D eigenvalue weighted by atomic mass is 10.3. The van der Waals surface area contributed by atoms with Crippen molar-refractivity contribution in [3.63, 3.8) is 0 Å². The lowest BCUT2D eigenvalue weighted by Gasteiger charge is -2.08. The normalized spacial score (nSPS) is 10.9. The monoisotopic (exact) mass is 241 g/mol. The van der Waals surface area contributed by atoms with Crippen molar-refractivity contribution in [3.05, 3.63) is 28.2 Å². The molecule has 1 aromatic rings. The van der Waals surface area contributed by atoms with E-state index in [2.05, 4.69) is 16.2 Å². The van der Waals surface area contributed by atoms with Gasteiger partial charge in [-0.2, -0.15) is 0 Å². The van der Waals surface area contributed by atoms with Crippen LogP contribution in [0.3, 0.4) is 0 Å². The van der Waals surface area contributed by atoms with E-state index in [4.69, 9.17) is 35.4 Å². The molecule has 0 amide bonds. The molecule has 1 rings (SSSR count). The van der Waals surface area contributed by atoms with Crippen molar-refractivity contribution in [1.82, 2.24) is 0 Å². The van der Waals surface area contributed by atoms with Crippen molar-refractivity contribution < 1.29 is 0 Å². The number of guanidine groups is 1. The van der Waals surface area contributed by atoms with Crippen molar-refractivity contribution in [1.29, 1.82) is 0 Å². The molecule has 0 aliphatic heterocycles. The summed E-state index contributed by atoms with van der Waals surface area (Å²) in [7, 11) is 0. The number of hydrogen-bond donors (Lipinski definition) is 2. The first-order valence-electron chi connectivity index (χ1n) is 4.09. The molecule has 3 N–H and O–H groups in total. The molecule has 0 aliphatic carbocycles. The lowest BCUT2D eigenvalue weighted by molar-refractivity contribution is 1.26. The summed E-state index contributed by atoms with van der Waals surface area (Å²) in [5.41, 5.74) is 6.08. The van der Waals surface area contributed by atoms with Crippen LogP contribution in [-0.2, 0) is 0 Å². The number of halogens is 2. The lowest BCUT2D eigenvalue weighted by Crippen LogP contribution is -2.23. The minimum atomic E-state index is 0.183. The highest BCUT2D eigenvalue weighted by atomic mass is 35.5. The van der Waals surface area contributed by atoms with Gasteiger partial charge >= 0.3 is 0 Å². The van der Waals surface area contributed by atoms with Gasteiger partial charge in [-0.3, -0.25) is 0 Å². The minimum Gasteiger partial charge on any atom is -0.370 e. The maximum atomic E-state index is 5.91. The molecular weight excluding hydrogens is 233 g/mol. The van der Waals surface area contributed by atoms with E-state index < -0.39 is 0 Å². The van der Waals surface area contributed by atoms with Crippen LogP contribution in [0.1, 0.15) is 0 Å². The number of nitrogens with two attached hydrogens (primary N) is 1. The number of anilines is 1. The Kier molecular flexibility index (Phi) is 4.29. The quantitative estimate of drug-likeness (QED) is 0.475. The molecule has 15 heavy (non-hydrogen) atoms. The molecule has 3 nitrogen and oxygen atoms in total. The molecule has 0 fully saturated rings. The summed E-state index contributed by atoms with van der Waals surface area (Å²) in [6.45, 7) is 0.209. The van der Waals surface area contributed by atoms with Crippen LogP contribution in [0.5, 0.6) is 0 Å². The van der Waals surface area contributed by atoms with E-state index in [0.717, 1.165) is 0 Å². The Hall–Kier alpha value is -1.37. The predicted octanol–water partition coefficient (Wildman–Crippen LogP) is 2.35. The number of nitrogens with zero attached hydrogens (tertiary/aromatic N) is 1. The van der Waals surface area contributed by atoms with Crippen LogP contribution >= 0.6 is 23.2 Å². The van der Waals surface area contributed by atoms with Crippen LogP contribution in [0.25, 0.3) is 0 Å². The summed E-state index contributed by atoms with van der Waals surface area (Å²) >= 11 is 11.8. The molecular formula is C10H9Cl2N3. The van der Waals surface area contributed by atoms with Gasteiger partial charge in [0.15, 0.2) is 5.96 Å². The highest BCUT2D eigenvalue weighted by molar-refractivity contribution is 6.39. The Morgan fingerprint density at radius 1 is 1.47 bits per heavy atom. The number of benzene rings is 1. The minimum absolute atomic E-state index is 0.183. The van der Waals surface area contributed by atoms with Crippen molar-refractivity contribution >= 4 is 34.8 Å². The second-order valence-corrected chi connectivity index (χ2v) is 3.44. The van der Waals surface area contributed by atoms with Gasteiger partial charge in [-0.05, 0) is 12.1 Å². The molecule has 1 aromatic carbocycles. The summed E-state index contributed by atoms with van der Waals surface area (Å²) in [5.74, 6) is 2.52. The van der Waals surface area contributed by atoms with Gasteiger partial charge in [0.05, 0.1) is 15.7 Å². The number of terminal acetylenes is 1. The number of aliphatic imine (C=N–C) groups is 1. The van der Waals surface area contributed by atoms with Gasteiger partial charge in [0.2, 0.25) is 0 Å². The van der Waals surface area contributed by atoms with Crippen molar-refractivity contribution in [2.75, 3.05) is 11.9 Å². The molecule has 0 saturated heterocycles. The number of para-hydroxylation sites is 1. The fourth-order valence-corrected chi connectivity index (χ4v) is 1.41. The Morgan fingerprint density at radius 3 is 2.60 bits per heavy atom. The second-order valence-electron chi connectivity index (χ2n) is 2.63. The highest BCUT2D eigenvalue weighted by Gasteiger charge is 2.05. The van der Waals surface area contributed by atoms with Gasteiger partial charge in [0.1, 0.15) is 6.54 Å². The van der Waals surface area contributed by atoms with Crippen LogP contribution in [0.4, 0.5) is 5.69 Å². The SMILES string of the molecule is C#CCN=C(N)Nc1c(Cl)cccc1Cl. The third kappa shape index (κ3) is 3.35. The standard InChI is InChI=1S/C10H9Cl2N3/c1-2-6-14-10(13)15-9-7(11)4-3-5-8(9)12/h1,3-5H,6H2,(H3,13,14,15). The summed E-state index contributed by atoms with van der Waals surface area (Å²) < 4.78 is 0. The van der Waals surface area contributed by atoms with Crippen molar-refractivity contribution in [3.8, 4) is 12.3 Å². The Morgan fingerprint density at radius 2 is 2.07 bits per heavy atom. The third-order valence-electron chi connectivity index (χ3n) is 1.56. The third-order valence-corrected chi connectivity index (χ3v) is 2.19. The fraction of sp³-hybridized carbons (Fsp3) is 0.100. The Balaban J connectivity index is 2.86. The zero-order chi connectivity index (χ0) is 11.3. The van der Waals surface area contributed by atoms with E-state index in [0.29, 0.717) is 15.7 Å². The van der Waals surface area contributed by atoms with Crippen molar-refractivity contribution in [2.24, 2.45) is 10.7 Å². The first kappa shape index (κ1) is 11.7. The largest absolute Gasteiger partial charge is 0.370 e. The molecule has 78 valence electrons. The number of rotatable bonds is 2. The molecule has 5 heteroatoms. The van der Waals surface area contributed by atoms with E-state index in [1.54, 1.807) is 18.2 Å². The Labute approximate surface area is 98.3 Å². The average molecular weight is 242 g/mol. The van der Waals surface area contributed by atoms with E-state index in [1.165, 1.54) is 0 Å². The number of hydrogen-bond acceptors (Lipinski definition) is 1. The average Bonchev–Trinajstić information content (AvgIpc) is 2.21. The van der Waals surface area contributed by atoms with Gasteiger partial charge in [-0.25, -0.2) is 4.99 Å². The van der Waals surface area contributed by atoms with Crippen LogP contribution < -0.4 is 11.1 Å². The topological polar surface area (TPSA) is 50.4 Å². The molecule has 0 bridgehead atoms. The zero-order valence-electron chi connectivity index (χ0n) is 7.80. The maximum absolute atomic E-state index is 5.91. The van der Waals surface area contributed by atoms with Crippen LogP contribution in [0, 0.1) is 12.3 Å². The summed E-state index contributed by atoms with van der Waals surface area (Å²) in [6.07, 6.45) is 5.04. The van der Waals surface area contributed by atoms with Gasteiger partial charge in [-0.1, -0.05) is 35.2 Å². The molecule has 0 aliphatic rings. The molecule has 0 heterocycles. The van der Waals surface area contributed by atoms with Gasteiger partial charge in [0.25, 0.3) is 0 Å². The first-order chi connectivity index (χ1) is 7.15. The molecule has 0 aromatic heterocycles. The molecule has 0 unspecified atom stereocenters. The molecule has 0 radical (unpaired) electrons. The van der Waals surface area contributed by atoms with Crippen LogP contribution in [0.15, 0.2) is 23.2 Å². The van der Waals surface area contributed by atoms with E-state index in [9.17, 15) is 0 Å². The smallest absolute Gasteiger partial charge is 0.194 e. The molecule has 0 spiro atoms. The highest BCUT2D eigenvalue weighted by Crippen LogP contribution is 2.29. The summed E-state index contributed by atoms with van der Waals surface area (Å²) in [6, 6.07) is 5.14. The summed E-state index contributed by atoms with van der Waals surface area (Å²) in [5, 5.41) is 3.73. The number of nitrogens with one attached hydrogen (secondary N) is 1. The van der Waals surface area contributed by atoms with E-state index in [-0.39, 0.29) is 12.5 Å². The van der Waals surface area contributed by atoms with Gasteiger partial charge < -0.3 is 11.1 Å². The predicted molar refractivity (Wildman–Crippen MR) is 65.4 cm³/mol. The van der Waals surface area contributed by atoms with E-state index >= 15 is 0 Å². The zero-order valence-corrected chi connectivity index (χ0v) is 9.31. The van der Waals surface area contributed by atoms with Gasteiger partial charge in [0, 0.05) is 0 Å².